The van der Waals surface area contributed by atoms with E-state index in [4.69, 9.17) is 4.74 Å². The number of amides is 2. The van der Waals surface area contributed by atoms with Crippen LogP contribution >= 0.6 is 0 Å². The molecule has 1 N–H and O–H groups in total. The number of nitrogens with zero attached hydrogens (tertiary/aromatic N) is 2. The number of anilines is 1. The van der Waals surface area contributed by atoms with Gasteiger partial charge in [0.1, 0.15) is 11.8 Å². The first-order valence-corrected chi connectivity index (χ1v) is 15.0. The number of benzene rings is 2. The van der Waals surface area contributed by atoms with Crippen LogP contribution in [0.3, 0.4) is 0 Å². The third-order valence-electron chi connectivity index (χ3n) is 6.90. The summed E-state index contributed by atoms with van der Waals surface area (Å²) in [6.45, 7) is 10.1. The molecule has 38 heavy (non-hydrogen) atoms. The van der Waals surface area contributed by atoms with Gasteiger partial charge in [-0.1, -0.05) is 38.1 Å². The molecule has 0 aliphatic rings. The van der Waals surface area contributed by atoms with Crippen molar-refractivity contribution in [1.29, 1.82) is 0 Å². The topological polar surface area (TPSA) is 96.0 Å². The molecule has 0 bridgehead atoms. The Bertz CT molecular complexity index is 1180. The maximum atomic E-state index is 13.6. The minimum absolute atomic E-state index is 0.00428. The fourth-order valence-electron chi connectivity index (χ4n) is 4.28. The monoisotopic (exact) mass is 545 g/mol. The van der Waals surface area contributed by atoms with Crippen molar-refractivity contribution in [2.24, 2.45) is 0 Å². The number of nitrogens with one attached hydrogen (secondary N) is 1. The fraction of sp³-hybridized carbons (Fsp3) is 0.517. The number of methoxy groups -OCH3 is 1. The van der Waals surface area contributed by atoms with Gasteiger partial charge in [0, 0.05) is 25.6 Å². The number of carbonyl (C=O) groups excluding carboxylic acids is 2. The zero-order valence-electron chi connectivity index (χ0n) is 23.8. The van der Waals surface area contributed by atoms with E-state index < -0.39 is 16.1 Å². The third-order valence-corrected chi connectivity index (χ3v) is 8.08. The van der Waals surface area contributed by atoms with Crippen LogP contribution in [0.1, 0.15) is 63.1 Å². The highest BCUT2D eigenvalue weighted by atomic mass is 32.2. The second-order valence-corrected chi connectivity index (χ2v) is 11.7. The van der Waals surface area contributed by atoms with Crippen molar-refractivity contribution < 1.29 is 22.7 Å². The van der Waals surface area contributed by atoms with Gasteiger partial charge in [0.15, 0.2) is 0 Å². The average molecular weight is 546 g/mol. The Morgan fingerprint density at radius 3 is 2.24 bits per heavy atom. The number of rotatable bonds is 14. The van der Waals surface area contributed by atoms with Gasteiger partial charge in [-0.3, -0.25) is 13.9 Å². The van der Waals surface area contributed by atoms with Crippen LogP contribution in [0.4, 0.5) is 5.69 Å². The second kappa shape index (κ2) is 14.2. The molecule has 0 aliphatic heterocycles. The molecule has 2 atom stereocenters. The molecular weight excluding hydrogens is 502 g/mol. The van der Waals surface area contributed by atoms with Gasteiger partial charge in [0.05, 0.1) is 19.1 Å². The number of sulfonamides is 1. The molecule has 9 heteroatoms. The van der Waals surface area contributed by atoms with Crippen molar-refractivity contribution in [3.05, 3.63) is 59.2 Å². The lowest BCUT2D eigenvalue weighted by Crippen LogP contribution is -2.50. The zero-order valence-corrected chi connectivity index (χ0v) is 24.6. The lowest BCUT2D eigenvalue weighted by atomic mass is 10.1. The molecule has 2 aromatic rings. The summed E-state index contributed by atoms with van der Waals surface area (Å²) in [5, 5.41) is 3.01. The number of carbonyl (C=O) groups is 2. The number of hydrogen-bond acceptors (Lipinski definition) is 5. The van der Waals surface area contributed by atoms with E-state index in [0.29, 0.717) is 24.3 Å². The smallest absolute Gasteiger partial charge is 0.243 e. The van der Waals surface area contributed by atoms with E-state index in [1.54, 1.807) is 18.1 Å². The third kappa shape index (κ3) is 8.48. The molecule has 0 spiro atoms. The Kier molecular flexibility index (Phi) is 11.6. The predicted molar refractivity (Wildman–Crippen MR) is 153 cm³/mol. The van der Waals surface area contributed by atoms with E-state index in [1.165, 1.54) is 10.6 Å². The molecule has 2 amide bonds. The van der Waals surface area contributed by atoms with Gasteiger partial charge in [-0.05, 0) is 74.9 Å². The molecule has 8 nitrogen and oxygen atoms in total. The van der Waals surface area contributed by atoms with Crippen molar-refractivity contribution in [2.45, 2.75) is 78.9 Å². The average Bonchev–Trinajstić information content (AvgIpc) is 2.87. The lowest BCUT2D eigenvalue weighted by Gasteiger charge is -2.32. The first-order chi connectivity index (χ1) is 17.9. The van der Waals surface area contributed by atoms with Gasteiger partial charge < -0.3 is 15.0 Å². The van der Waals surface area contributed by atoms with Crippen LogP contribution < -0.4 is 14.4 Å². The Balaban J connectivity index is 2.26. The molecule has 2 rings (SSSR count). The molecule has 0 radical (unpaired) electrons. The van der Waals surface area contributed by atoms with Crippen LogP contribution in [0.2, 0.25) is 0 Å². The first kappa shape index (κ1) is 31.1. The molecule has 0 fully saturated rings. The van der Waals surface area contributed by atoms with E-state index in [2.05, 4.69) is 5.32 Å². The summed E-state index contributed by atoms with van der Waals surface area (Å²) in [7, 11) is -1.96. The number of hydrogen-bond donors (Lipinski definition) is 1. The molecule has 0 saturated carbocycles. The van der Waals surface area contributed by atoms with E-state index in [0.717, 1.165) is 23.1 Å². The summed E-state index contributed by atoms with van der Waals surface area (Å²) in [4.78, 5) is 28.3. The van der Waals surface area contributed by atoms with Gasteiger partial charge >= 0.3 is 0 Å². The van der Waals surface area contributed by atoms with Gasteiger partial charge in [-0.25, -0.2) is 8.42 Å². The SMILES string of the molecule is CC[C@@H](C)NC(=O)[C@H](CC)N(Cc1ccc(OC)cc1)C(=O)CCCN(c1cccc(C)c1C)S(C)(=O)=O. The largest absolute Gasteiger partial charge is 0.497 e. The Morgan fingerprint density at radius 2 is 1.68 bits per heavy atom. The quantitative estimate of drug-likeness (QED) is 0.375. The van der Waals surface area contributed by atoms with E-state index in [-0.39, 0.29) is 37.4 Å². The summed E-state index contributed by atoms with van der Waals surface area (Å²) < 4.78 is 31.9. The zero-order chi connectivity index (χ0) is 28.5. The molecule has 0 unspecified atom stereocenters. The molecule has 0 heterocycles. The summed E-state index contributed by atoms with van der Waals surface area (Å²) in [6, 6.07) is 12.3. The Morgan fingerprint density at radius 1 is 1.03 bits per heavy atom. The molecule has 0 saturated heterocycles. The van der Waals surface area contributed by atoms with Crippen LogP contribution in [-0.4, -0.2) is 57.1 Å². The minimum Gasteiger partial charge on any atom is -0.497 e. The van der Waals surface area contributed by atoms with Crippen LogP contribution in [0.15, 0.2) is 42.5 Å². The standard InChI is InChI=1S/C29H43N3O5S/c1-8-22(4)30-29(34)26(9-2)31(20-24-15-17-25(37-6)18-16-24)28(33)14-11-19-32(38(7,35)36)27-13-10-12-21(3)23(27)5/h10,12-13,15-18,22,26H,8-9,11,14,19-20H2,1-7H3,(H,30,34)/t22-,26+/m1/s1. The highest BCUT2D eigenvalue weighted by molar-refractivity contribution is 7.92. The Hall–Kier alpha value is -3.07. The highest BCUT2D eigenvalue weighted by Gasteiger charge is 2.29. The van der Waals surface area contributed by atoms with E-state index in [1.807, 2.05) is 71.0 Å². The van der Waals surface area contributed by atoms with Crippen molar-refractivity contribution in [3.8, 4) is 5.75 Å². The number of aryl methyl sites for hydroxylation is 1. The summed E-state index contributed by atoms with van der Waals surface area (Å²) in [5.41, 5.74) is 3.38. The maximum Gasteiger partial charge on any atom is 0.243 e. The Labute approximate surface area is 228 Å². The van der Waals surface area contributed by atoms with Crippen molar-refractivity contribution in [1.82, 2.24) is 10.2 Å². The van der Waals surface area contributed by atoms with Crippen molar-refractivity contribution >= 4 is 27.5 Å². The van der Waals surface area contributed by atoms with Crippen molar-refractivity contribution in [2.75, 3.05) is 24.2 Å². The van der Waals surface area contributed by atoms with Gasteiger partial charge in [0.2, 0.25) is 21.8 Å². The second-order valence-electron chi connectivity index (χ2n) is 9.77. The van der Waals surface area contributed by atoms with Crippen LogP contribution in [0, 0.1) is 13.8 Å². The highest BCUT2D eigenvalue weighted by Crippen LogP contribution is 2.26. The van der Waals surface area contributed by atoms with Gasteiger partial charge in [-0.2, -0.15) is 0 Å². The first-order valence-electron chi connectivity index (χ1n) is 13.2. The summed E-state index contributed by atoms with van der Waals surface area (Å²) in [5.74, 6) is 0.332. The van der Waals surface area contributed by atoms with Crippen LogP contribution in [0.25, 0.3) is 0 Å². The minimum atomic E-state index is -3.55. The maximum absolute atomic E-state index is 13.6. The van der Waals surface area contributed by atoms with E-state index >= 15 is 0 Å². The molecule has 0 aliphatic carbocycles. The molecule has 2 aromatic carbocycles. The fourth-order valence-corrected chi connectivity index (χ4v) is 5.29. The molecule has 0 aromatic heterocycles. The van der Waals surface area contributed by atoms with Crippen LogP contribution in [0.5, 0.6) is 5.75 Å². The normalized spacial score (nSPS) is 12.9. The van der Waals surface area contributed by atoms with Crippen LogP contribution in [-0.2, 0) is 26.2 Å². The predicted octanol–water partition coefficient (Wildman–Crippen LogP) is 4.58. The van der Waals surface area contributed by atoms with E-state index in [9.17, 15) is 18.0 Å². The van der Waals surface area contributed by atoms with Crippen molar-refractivity contribution in [3.63, 3.8) is 0 Å². The lowest BCUT2D eigenvalue weighted by molar-refractivity contribution is -0.141. The van der Waals surface area contributed by atoms with Gasteiger partial charge in [-0.15, -0.1) is 0 Å². The number of ether oxygens (including phenoxy) is 1. The molecular formula is C29H43N3O5S. The summed E-state index contributed by atoms with van der Waals surface area (Å²) in [6.07, 6.45) is 2.86. The van der Waals surface area contributed by atoms with Gasteiger partial charge in [0.25, 0.3) is 0 Å². The summed E-state index contributed by atoms with van der Waals surface area (Å²) >= 11 is 0. The molecule has 210 valence electrons.